The lowest BCUT2D eigenvalue weighted by atomic mass is 10.1. The quantitative estimate of drug-likeness (QED) is 0.433. The number of carboxylic acid groups (broad SMARTS) is 1. The number of carboxylic acids is 1. The van der Waals surface area contributed by atoms with Gasteiger partial charge in [-0.1, -0.05) is 17.4 Å². The van der Waals surface area contributed by atoms with Gasteiger partial charge >= 0.3 is 11.7 Å². The van der Waals surface area contributed by atoms with Crippen LogP contribution in [-0.2, 0) is 6.54 Å². The molecule has 1 saturated carbocycles. The number of nitrogens with zero attached hydrogens (tertiary/aromatic N) is 3. The van der Waals surface area contributed by atoms with Crippen LogP contribution >= 0.6 is 11.3 Å². The predicted molar refractivity (Wildman–Crippen MR) is 120 cm³/mol. The number of hydrogen-bond donors (Lipinski definition) is 2. The first-order chi connectivity index (χ1) is 15.5. The van der Waals surface area contributed by atoms with E-state index in [1.54, 1.807) is 30.5 Å². The van der Waals surface area contributed by atoms with Gasteiger partial charge in [-0.15, -0.1) is 10.2 Å². The normalized spacial score (nSPS) is 13.3. The molecule has 0 radical (unpaired) electrons. The van der Waals surface area contributed by atoms with Gasteiger partial charge in [-0.2, -0.15) is 0 Å². The molecule has 0 aliphatic heterocycles. The van der Waals surface area contributed by atoms with Crippen LogP contribution in [0, 0.1) is 6.92 Å². The van der Waals surface area contributed by atoms with Crippen molar-refractivity contribution in [3.63, 3.8) is 0 Å². The summed E-state index contributed by atoms with van der Waals surface area (Å²) in [6, 6.07) is 12.1. The van der Waals surface area contributed by atoms with E-state index in [4.69, 9.17) is 4.74 Å². The minimum atomic E-state index is -1.05. The van der Waals surface area contributed by atoms with Crippen molar-refractivity contribution in [1.82, 2.24) is 19.7 Å². The Kier molecular flexibility index (Phi) is 5.10. The summed E-state index contributed by atoms with van der Waals surface area (Å²) in [5, 5.41) is 19.9. The van der Waals surface area contributed by atoms with E-state index < -0.39 is 5.97 Å². The summed E-state index contributed by atoms with van der Waals surface area (Å²) in [6.45, 7) is 2.06. The molecule has 9 heteroatoms. The third kappa shape index (κ3) is 4.19. The van der Waals surface area contributed by atoms with E-state index >= 15 is 0 Å². The van der Waals surface area contributed by atoms with Crippen LogP contribution in [0.2, 0.25) is 0 Å². The van der Waals surface area contributed by atoms with Crippen molar-refractivity contribution >= 4 is 17.3 Å². The molecule has 2 aromatic carbocycles. The van der Waals surface area contributed by atoms with Crippen molar-refractivity contribution in [3.05, 3.63) is 81.0 Å². The van der Waals surface area contributed by atoms with Gasteiger partial charge < -0.3 is 14.8 Å². The third-order valence-electron chi connectivity index (χ3n) is 5.27. The lowest BCUT2D eigenvalue weighted by Crippen LogP contribution is -2.17. The maximum atomic E-state index is 12.1. The predicted octanol–water partition coefficient (Wildman–Crippen LogP) is 4.42. The van der Waals surface area contributed by atoms with Gasteiger partial charge in [0.05, 0.1) is 12.1 Å². The third-order valence-corrected chi connectivity index (χ3v) is 6.40. The standard InChI is InChI=1S/C23H20N4O4S/c1-13-11-27(23(30)24-13)12-17-5-4-16(22(28)29)10-19(17)31-18-8-6-15(7-9-18)21-26-25-20(32-21)14-2-3-14/h4-11,14H,2-3,12H2,1H3,(H,24,30)(H,28,29). The van der Waals surface area contributed by atoms with Gasteiger partial charge in [0, 0.05) is 28.9 Å². The summed E-state index contributed by atoms with van der Waals surface area (Å²) in [4.78, 5) is 26.3. The van der Waals surface area contributed by atoms with Crippen molar-refractivity contribution in [2.75, 3.05) is 0 Å². The molecule has 0 spiro atoms. The van der Waals surface area contributed by atoms with Crippen LogP contribution in [0.15, 0.2) is 53.5 Å². The van der Waals surface area contributed by atoms with Crippen LogP contribution in [0.3, 0.4) is 0 Å². The fourth-order valence-electron chi connectivity index (χ4n) is 3.42. The Hall–Kier alpha value is -3.72. The summed E-state index contributed by atoms with van der Waals surface area (Å²) in [7, 11) is 0. The van der Waals surface area contributed by atoms with Crippen LogP contribution in [0.4, 0.5) is 0 Å². The van der Waals surface area contributed by atoms with E-state index in [-0.39, 0.29) is 17.8 Å². The molecule has 5 rings (SSSR count). The SMILES string of the molecule is Cc1cn(Cc2ccc(C(=O)O)cc2Oc2ccc(-c3nnc(C4CC4)s3)cc2)c(=O)[nH]1. The molecule has 2 aromatic heterocycles. The lowest BCUT2D eigenvalue weighted by molar-refractivity contribution is 0.0696. The molecule has 1 aliphatic carbocycles. The van der Waals surface area contributed by atoms with Gasteiger partial charge in [0.15, 0.2) is 0 Å². The first-order valence-corrected chi connectivity index (χ1v) is 11.0. The second-order valence-corrected chi connectivity index (χ2v) is 8.85. The zero-order valence-electron chi connectivity index (χ0n) is 17.2. The van der Waals surface area contributed by atoms with E-state index in [2.05, 4.69) is 15.2 Å². The highest BCUT2D eigenvalue weighted by Gasteiger charge is 2.27. The first-order valence-electron chi connectivity index (χ1n) is 10.2. The van der Waals surface area contributed by atoms with E-state index in [0.29, 0.717) is 23.0 Å². The molecule has 8 nitrogen and oxygen atoms in total. The van der Waals surface area contributed by atoms with E-state index in [1.165, 1.54) is 29.5 Å². The Balaban J connectivity index is 1.41. The Bertz CT molecular complexity index is 1350. The molecule has 0 amide bonds. The molecule has 0 bridgehead atoms. The number of ether oxygens (including phenoxy) is 1. The number of H-pyrrole nitrogens is 1. The summed E-state index contributed by atoms with van der Waals surface area (Å²) in [5.41, 5.74) is 2.27. The van der Waals surface area contributed by atoms with Gasteiger partial charge in [0.25, 0.3) is 0 Å². The number of nitrogens with one attached hydrogen (secondary N) is 1. The Morgan fingerprint density at radius 3 is 2.66 bits per heavy atom. The summed E-state index contributed by atoms with van der Waals surface area (Å²) in [6.07, 6.45) is 4.09. The zero-order valence-corrected chi connectivity index (χ0v) is 18.1. The average Bonchev–Trinajstić information content (AvgIpc) is 3.42. The molecule has 162 valence electrons. The molecular formula is C23H20N4O4S. The maximum absolute atomic E-state index is 12.1. The fourth-order valence-corrected chi connectivity index (χ4v) is 4.44. The van der Waals surface area contributed by atoms with Crippen molar-refractivity contribution in [3.8, 4) is 22.1 Å². The number of aryl methyl sites for hydroxylation is 1. The van der Waals surface area contributed by atoms with Crippen molar-refractivity contribution in [1.29, 1.82) is 0 Å². The van der Waals surface area contributed by atoms with Crippen molar-refractivity contribution in [2.24, 2.45) is 0 Å². The van der Waals surface area contributed by atoms with Crippen molar-refractivity contribution in [2.45, 2.75) is 32.2 Å². The topological polar surface area (TPSA) is 110 Å². The molecule has 2 N–H and O–H groups in total. The lowest BCUT2D eigenvalue weighted by Gasteiger charge is -2.13. The van der Waals surface area contributed by atoms with E-state index in [1.807, 2.05) is 24.3 Å². The van der Waals surface area contributed by atoms with Crippen molar-refractivity contribution < 1.29 is 14.6 Å². The molecule has 0 unspecified atom stereocenters. The highest BCUT2D eigenvalue weighted by atomic mass is 32.1. The largest absolute Gasteiger partial charge is 0.478 e. The second kappa shape index (κ2) is 8.08. The van der Waals surface area contributed by atoms with E-state index in [9.17, 15) is 14.7 Å². The van der Waals surface area contributed by atoms with Gasteiger partial charge in [-0.05, 0) is 56.2 Å². The van der Waals surface area contributed by atoms with Gasteiger partial charge in [0.1, 0.15) is 21.5 Å². The fraction of sp³-hybridized carbons (Fsp3) is 0.217. The smallest absolute Gasteiger partial charge is 0.335 e. The summed E-state index contributed by atoms with van der Waals surface area (Å²) < 4.78 is 7.56. The van der Waals surface area contributed by atoms with E-state index in [0.717, 1.165) is 21.3 Å². The number of aromatic nitrogens is 4. The number of hydrogen-bond acceptors (Lipinski definition) is 6. The molecular weight excluding hydrogens is 428 g/mol. The Morgan fingerprint density at radius 2 is 2.00 bits per heavy atom. The second-order valence-electron chi connectivity index (χ2n) is 7.84. The summed E-state index contributed by atoms with van der Waals surface area (Å²) in [5.74, 6) is 0.464. The van der Waals surface area contributed by atoms with Gasteiger partial charge in [0.2, 0.25) is 0 Å². The summed E-state index contributed by atoms with van der Waals surface area (Å²) >= 11 is 1.61. The maximum Gasteiger partial charge on any atom is 0.335 e. The number of aromatic amines is 1. The monoisotopic (exact) mass is 448 g/mol. The Morgan fingerprint density at radius 1 is 1.22 bits per heavy atom. The van der Waals surface area contributed by atoms with Crippen LogP contribution in [-0.4, -0.2) is 30.8 Å². The minimum Gasteiger partial charge on any atom is -0.478 e. The zero-order chi connectivity index (χ0) is 22.2. The highest BCUT2D eigenvalue weighted by Crippen LogP contribution is 2.42. The molecule has 32 heavy (non-hydrogen) atoms. The molecule has 0 saturated heterocycles. The molecule has 1 aliphatic rings. The van der Waals surface area contributed by atoms with Gasteiger partial charge in [-0.3, -0.25) is 4.57 Å². The number of rotatable bonds is 7. The first kappa shape index (κ1) is 20.2. The van der Waals surface area contributed by atoms with Crippen LogP contribution in [0.1, 0.15) is 45.4 Å². The van der Waals surface area contributed by atoms with Crippen LogP contribution in [0.25, 0.3) is 10.6 Å². The molecule has 4 aromatic rings. The number of aromatic carboxylic acids is 1. The Labute approximate surface area is 187 Å². The highest BCUT2D eigenvalue weighted by molar-refractivity contribution is 7.14. The minimum absolute atomic E-state index is 0.111. The number of benzene rings is 2. The molecule has 2 heterocycles. The molecule has 1 fully saturated rings. The number of imidazole rings is 1. The molecule has 0 atom stereocenters. The average molecular weight is 449 g/mol. The number of carbonyl (C=O) groups is 1. The van der Waals surface area contributed by atoms with Crippen LogP contribution < -0.4 is 10.4 Å². The van der Waals surface area contributed by atoms with Crippen LogP contribution in [0.5, 0.6) is 11.5 Å². The van der Waals surface area contributed by atoms with Gasteiger partial charge in [-0.25, -0.2) is 9.59 Å².